The summed E-state index contributed by atoms with van der Waals surface area (Å²) >= 11 is 0. The van der Waals surface area contributed by atoms with Gasteiger partial charge in [-0.25, -0.2) is 4.79 Å². The van der Waals surface area contributed by atoms with E-state index in [4.69, 9.17) is 14.7 Å². The molecule has 0 spiro atoms. The zero-order valence-electron chi connectivity index (χ0n) is 12.6. The van der Waals surface area contributed by atoms with Crippen LogP contribution in [0.25, 0.3) is 0 Å². The Morgan fingerprint density at radius 3 is 2.67 bits per heavy atom. The molecule has 21 heavy (non-hydrogen) atoms. The Labute approximate surface area is 125 Å². The number of nitrogens with zero attached hydrogens (tertiary/aromatic N) is 2. The number of hydrogen-bond donors (Lipinski definition) is 0. The van der Waals surface area contributed by atoms with E-state index in [1.54, 1.807) is 0 Å². The average Bonchev–Trinajstić information content (AvgIpc) is 2.52. The first-order valence-corrected chi connectivity index (χ1v) is 7.02. The molecule has 0 aromatic heterocycles. The van der Waals surface area contributed by atoms with Crippen LogP contribution in [0.2, 0.25) is 0 Å². The molecule has 0 saturated carbocycles. The maximum atomic E-state index is 11.7. The van der Waals surface area contributed by atoms with E-state index in [1.165, 1.54) is 7.11 Å². The Bertz CT molecular complexity index is 535. The molecule has 0 unspecified atom stereocenters. The number of carbonyl (C=O) groups is 1. The minimum absolute atomic E-state index is 0.0244. The minimum Gasteiger partial charge on any atom is -0.467 e. The van der Waals surface area contributed by atoms with Crippen molar-refractivity contribution in [2.45, 2.75) is 32.1 Å². The predicted molar refractivity (Wildman–Crippen MR) is 77.5 cm³/mol. The van der Waals surface area contributed by atoms with Crippen LogP contribution in [0.3, 0.4) is 0 Å². The number of morpholine rings is 1. The Balaban J connectivity index is 2.11. The molecule has 112 valence electrons. The van der Waals surface area contributed by atoms with E-state index in [1.807, 2.05) is 31.2 Å². The van der Waals surface area contributed by atoms with Crippen LogP contribution in [0.1, 0.15) is 31.0 Å². The van der Waals surface area contributed by atoms with Crippen molar-refractivity contribution in [3.63, 3.8) is 0 Å². The van der Waals surface area contributed by atoms with Crippen molar-refractivity contribution >= 4 is 5.97 Å². The third kappa shape index (κ3) is 3.60. The first kappa shape index (κ1) is 15.5. The third-order valence-corrected chi connectivity index (χ3v) is 3.82. The van der Waals surface area contributed by atoms with Crippen molar-refractivity contribution in [2.75, 3.05) is 20.2 Å². The van der Waals surface area contributed by atoms with Crippen LogP contribution in [-0.4, -0.2) is 43.3 Å². The monoisotopic (exact) mass is 288 g/mol. The van der Waals surface area contributed by atoms with Crippen LogP contribution in [0.4, 0.5) is 0 Å². The molecule has 2 rings (SSSR count). The van der Waals surface area contributed by atoms with Crippen molar-refractivity contribution < 1.29 is 14.3 Å². The van der Waals surface area contributed by atoms with Crippen molar-refractivity contribution in [3.8, 4) is 6.07 Å². The van der Waals surface area contributed by atoms with Crippen molar-refractivity contribution in [1.82, 2.24) is 4.90 Å². The van der Waals surface area contributed by atoms with E-state index < -0.39 is 6.10 Å². The van der Waals surface area contributed by atoms with Gasteiger partial charge in [0.05, 0.1) is 24.8 Å². The summed E-state index contributed by atoms with van der Waals surface area (Å²) in [4.78, 5) is 13.9. The lowest BCUT2D eigenvalue weighted by atomic mass is 10.0. The third-order valence-electron chi connectivity index (χ3n) is 3.82. The standard InChI is InChI=1S/C16H20N2O3/c1-11-9-18(10-15(21-11)16(19)20-3)12(2)14-6-4-13(8-17)5-7-14/h4-7,11-12,15H,9-10H2,1-3H3/t11-,12-,15-/m1/s1. The van der Waals surface area contributed by atoms with Crippen LogP contribution in [0.15, 0.2) is 24.3 Å². The summed E-state index contributed by atoms with van der Waals surface area (Å²) in [6.07, 6.45) is -0.566. The zero-order valence-corrected chi connectivity index (χ0v) is 12.6. The SMILES string of the molecule is COC(=O)[C@H]1CN([C@H](C)c2ccc(C#N)cc2)C[C@@H](C)O1. The molecule has 0 bridgehead atoms. The number of hydrogen-bond acceptors (Lipinski definition) is 5. The molecule has 5 heteroatoms. The van der Waals surface area contributed by atoms with E-state index >= 15 is 0 Å². The fourth-order valence-electron chi connectivity index (χ4n) is 2.61. The molecular formula is C16H20N2O3. The fraction of sp³-hybridized carbons (Fsp3) is 0.500. The summed E-state index contributed by atoms with van der Waals surface area (Å²) in [5.41, 5.74) is 1.76. The van der Waals surface area contributed by atoms with E-state index in [2.05, 4.69) is 17.9 Å². The van der Waals surface area contributed by atoms with Gasteiger partial charge in [-0.15, -0.1) is 0 Å². The molecule has 0 aliphatic carbocycles. The molecule has 1 fully saturated rings. The highest BCUT2D eigenvalue weighted by atomic mass is 16.6. The molecule has 5 nitrogen and oxygen atoms in total. The predicted octanol–water partition coefficient (Wildman–Crippen LogP) is 1.88. The summed E-state index contributed by atoms with van der Waals surface area (Å²) in [5.74, 6) is -0.335. The second-order valence-corrected chi connectivity index (χ2v) is 5.32. The number of nitriles is 1. The molecule has 1 heterocycles. The Morgan fingerprint density at radius 1 is 1.43 bits per heavy atom. The van der Waals surface area contributed by atoms with Crippen LogP contribution in [0, 0.1) is 11.3 Å². The largest absolute Gasteiger partial charge is 0.467 e. The van der Waals surface area contributed by atoms with E-state index in [0.717, 1.165) is 12.1 Å². The first-order chi connectivity index (χ1) is 10.0. The van der Waals surface area contributed by atoms with Gasteiger partial charge in [0.2, 0.25) is 0 Å². The maximum Gasteiger partial charge on any atom is 0.336 e. The normalized spacial score (nSPS) is 24.1. The second kappa shape index (κ2) is 6.70. The first-order valence-electron chi connectivity index (χ1n) is 7.02. The number of carbonyl (C=O) groups excluding carboxylic acids is 1. The van der Waals surface area contributed by atoms with Gasteiger partial charge in [0.25, 0.3) is 0 Å². The van der Waals surface area contributed by atoms with Crippen molar-refractivity contribution in [2.24, 2.45) is 0 Å². The molecular weight excluding hydrogens is 268 g/mol. The highest BCUT2D eigenvalue weighted by Crippen LogP contribution is 2.25. The smallest absolute Gasteiger partial charge is 0.336 e. The van der Waals surface area contributed by atoms with Crippen molar-refractivity contribution in [1.29, 1.82) is 5.26 Å². The lowest BCUT2D eigenvalue weighted by molar-refractivity contribution is -0.167. The molecule has 1 aromatic rings. The van der Waals surface area contributed by atoms with Gasteiger partial charge in [0, 0.05) is 19.1 Å². The average molecular weight is 288 g/mol. The van der Waals surface area contributed by atoms with Gasteiger partial charge in [-0.1, -0.05) is 12.1 Å². The van der Waals surface area contributed by atoms with Gasteiger partial charge in [0.15, 0.2) is 6.10 Å². The lowest BCUT2D eigenvalue weighted by Gasteiger charge is -2.39. The van der Waals surface area contributed by atoms with Crippen LogP contribution >= 0.6 is 0 Å². The van der Waals surface area contributed by atoms with E-state index in [-0.39, 0.29) is 18.1 Å². The maximum absolute atomic E-state index is 11.7. The number of rotatable bonds is 3. The molecule has 1 aliphatic rings. The topological polar surface area (TPSA) is 62.6 Å². The number of esters is 1. The zero-order chi connectivity index (χ0) is 15.4. The van der Waals surface area contributed by atoms with Crippen molar-refractivity contribution in [3.05, 3.63) is 35.4 Å². The second-order valence-electron chi connectivity index (χ2n) is 5.32. The molecule has 0 radical (unpaired) electrons. The summed E-state index contributed by atoms with van der Waals surface area (Å²) in [6, 6.07) is 9.80. The van der Waals surface area contributed by atoms with E-state index in [9.17, 15) is 4.79 Å². The van der Waals surface area contributed by atoms with Gasteiger partial charge in [-0.2, -0.15) is 5.26 Å². The highest BCUT2D eigenvalue weighted by Gasteiger charge is 2.33. The van der Waals surface area contributed by atoms with Gasteiger partial charge in [-0.3, -0.25) is 4.90 Å². The Hall–Kier alpha value is -1.90. The van der Waals surface area contributed by atoms with Crippen LogP contribution in [-0.2, 0) is 14.3 Å². The van der Waals surface area contributed by atoms with Gasteiger partial charge in [-0.05, 0) is 31.5 Å². The number of methoxy groups -OCH3 is 1. The number of benzene rings is 1. The molecule has 0 amide bonds. The number of ether oxygens (including phenoxy) is 2. The lowest BCUT2D eigenvalue weighted by Crippen LogP contribution is -2.50. The molecule has 1 aliphatic heterocycles. The van der Waals surface area contributed by atoms with Crippen LogP contribution < -0.4 is 0 Å². The fourth-order valence-corrected chi connectivity index (χ4v) is 2.61. The van der Waals surface area contributed by atoms with Crippen LogP contribution in [0.5, 0.6) is 0 Å². The summed E-state index contributed by atoms with van der Waals surface area (Å²) in [6.45, 7) is 5.31. The summed E-state index contributed by atoms with van der Waals surface area (Å²) < 4.78 is 10.4. The molecule has 1 aromatic carbocycles. The highest BCUT2D eigenvalue weighted by molar-refractivity contribution is 5.75. The van der Waals surface area contributed by atoms with Gasteiger partial charge >= 0.3 is 5.97 Å². The quantitative estimate of drug-likeness (QED) is 0.795. The van der Waals surface area contributed by atoms with E-state index in [0.29, 0.717) is 12.1 Å². The summed E-state index contributed by atoms with van der Waals surface area (Å²) in [7, 11) is 1.37. The Kier molecular flexibility index (Phi) is 4.94. The molecule has 3 atom stereocenters. The van der Waals surface area contributed by atoms with Gasteiger partial charge in [0.1, 0.15) is 0 Å². The van der Waals surface area contributed by atoms with Gasteiger partial charge < -0.3 is 9.47 Å². The molecule has 1 saturated heterocycles. The molecule has 0 N–H and O–H groups in total. The summed E-state index contributed by atoms with van der Waals surface area (Å²) in [5, 5.41) is 8.85. The minimum atomic E-state index is -0.542. The Morgan fingerprint density at radius 2 is 2.10 bits per heavy atom.